The van der Waals surface area contributed by atoms with Crippen molar-refractivity contribution in [1.29, 1.82) is 5.41 Å². The zero-order valence-electron chi connectivity index (χ0n) is 19.8. The summed E-state index contributed by atoms with van der Waals surface area (Å²) in [7, 11) is 0. The number of hydrogen-bond acceptors (Lipinski definition) is 8. The van der Waals surface area contributed by atoms with Crippen molar-refractivity contribution in [2.24, 2.45) is 4.99 Å². The van der Waals surface area contributed by atoms with Gasteiger partial charge in [0.2, 0.25) is 0 Å². The Kier molecular flexibility index (Phi) is 7.17. The number of amidine groups is 1. The molecule has 8 nitrogen and oxygen atoms in total. The van der Waals surface area contributed by atoms with Crippen LogP contribution < -0.4 is 16.0 Å². The fraction of sp³-hybridized carbons (Fsp3) is 0.240. The summed E-state index contributed by atoms with van der Waals surface area (Å²) in [6.45, 7) is 14.5. The lowest BCUT2D eigenvalue weighted by molar-refractivity contribution is 1.11. The van der Waals surface area contributed by atoms with Crippen LogP contribution in [0.15, 0.2) is 54.4 Å². The predicted octanol–water partition coefficient (Wildman–Crippen LogP) is 5.12. The maximum Gasteiger partial charge on any atom is 0.163 e. The zero-order valence-corrected chi connectivity index (χ0v) is 19.8. The van der Waals surface area contributed by atoms with E-state index < -0.39 is 0 Å². The Morgan fingerprint density at radius 3 is 2.52 bits per heavy atom. The van der Waals surface area contributed by atoms with E-state index in [1.54, 1.807) is 13.1 Å². The maximum absolute atomic E-state index is 8.03. The van der Waals surface area contributed by atoms with Crippen molar-refractivity contribution in [3.05, 3.63) is 71.7 Å². The van der Waals surface area contributed by atoms with E-state index in [1.807, 2.05) is 49.9 Å². The van der Waals surface area contributed by atoms with Gasteiger partial charge in [0.25, 0.3) is 0 Å². The third-order valence-corrected chi connectivity index (χ3v) is 5.21. The zero-order chi connectivity index (χ0) is 24.1. The highest BCUT2D eigenvalue weighted by Gasteiger charge is 2.28. The topological polar surface area (TPSA) is 116 Å². The van der Waals surface area contributed by atoms with Gasteiger partial charge in [0.1, 0.15) is 23.8 Å². The second-order valence-corrected chi connectivity index (χ2v) is 7.38. The van der Waals surface area contributed by atoms with Gasteiger partial charge in [-0.15, -0.1) is 0 Å². The molecule has 3 aromatic rings. The van der Waals surface area contributed by atoms with Gasteiger partial charge in [0, 0.05) is 17.5 Å². The molecule has 2 aromatic heterocycles. The van der Waals surface area contributed by atoms with Crippen molar-refractivity contribution in [2.75, 3.05) is 22.5 Å². The number of nitrogens with zero attached hydrogens (tertiary/aromatic N) is 5. The smallest absolute Gasteiger partial charge is 0.163 e. The van der Waals surface area contributed by atoms with Crippen LogP contribution in [0.1, 0.15) is 43.0 Å². The van der Waals surface area contributed by atoms with Crippen LogP contribution in [0.3, 0.4) is 0 Å². The summed E-state index contributed by atoms with van der Waals surface area (Å²) in [5, 5.41) is 11.3. The molecule has 0 radical (unpaired) electrons. The molecule has 1 aromatic carbocycles. The Labute approximate surface area is 194 Å². The SMILES string of the molecule is C=C1c2c(C)ccnc2N=C(CNc2ncnc(N)c2C(C)=N)N1c1ccccc1C.CC. The highest BCUT2D eigenvalue weighted by molar-refractivity contribution is 6.15. The van der Waals surface area contributed by atoms with E-state index in [1.165, 1.54) is 6.33 Å². The third-order valence-electron chi connectivity index (χ3n) is 5.21. The molecule has 0 bridgehead atoms. The molecule has 3 heterocycles. The number of nitrogens with two attached hydrogens (primary N) is 1. The fourth-order valence-corrected chi connectivity index (χ4v) is 3.71. The first-order chi connectivity index (χ1) is 15.9. The molecule has 0 saturated heterocycles. The molecule has 0 unspecified atom stereocenters. The van der Waals surface area contributed by atoms with Crippen LogP contribution in [-0.4, -0.2) is 33.0 Å². The van der Waals surface area contributed by atoms with Crippen molar-refractivity contribution in [3.8, 4) is 0 Å². The van der Waals surface area contributed by atoms with Gasteiger partial charge in [-0.3, -0.25) is 4.90 Å². The van der Waals surface area contributed by atoms with Crippen molar-refractivity contribution >= 4 is 40.4 Å². The number of benzene rings is 1. The lowest BCUT2D eigenvalue weighted by Crippen LogP contribution is -2.37. The number of nitrogens with one attached hydrogen (secondary N) is 2. The Morgan fingerprint density at radius 2 is 1.82 bits per heavy atom. The number of aliphatic imine (C=N–C) groups is 1. The predicted molar refractivity (Wildman–Crippen MR) is 138 cm³/mol. The summed E-state index contributed by atoms with van der Waals surface area (Å²) in [5.41, 5.74) is 11.6. The summed E-state index contributed by atoms with van der Waals surface area (Å²) in [4.78, 5) is 19.6. The van der Waals surface area contributed by atoms with Crippen LogP contribution >= 0.6 is 0 Å². The summed E-state index contributed by atoms with van der Waals surface area (Å²) in [6, 6.07) is 10.1. The van der Waals surface area contributed by atoms with Crippen LogP contribution in [0.2, 0.25) is 0 Å². The minimum absolute atomic E-state index is 0.262. The number of fused-ring (bicyclic) bond motifs is 1. The van der Waals surface area contributed by atoms with Crippen molar-refractivity contribution in [1.82, 2.24) is 15.0 Å². The largest absolute Gasteiger partial charge is 0.383 e. The molecule has 0 aliphatic carbocycles. The molecule has 0 atom stereocenters. The maximum atomic E-state index is 8.03. The Bertz CT molecular complexity index is 1230. The van der Waals surface area contributed by atoms with Crippen molar-refractivity contribution in [3.63, 3.8) is 0 Å². The lowest BCUT2D eigenvalue weighted by Gasteiger charge is -2.34. The van der Waals surface area contributed by atoms with Gasteiger partial charge in [-0.25, -0.2) is 19.9 Å². The number of rotatable bonds is 5. The van der Waals surface area contributed by atoms with Crippen LogP contribution in [0.4, 0.5) is 23.1 Å². The van der Waals surface area contributed by atoms with Gasteiger partial charge >= 0.3 is 0 Å². The van der Waals surface area contributed by atoms with Gasteiger partial charge in [-0.2, -0.15) is 0 Å². The highest BCUT2D eigenvalue weighted by Crippen LogP contribution is 2.38. The molecule has 4 rings (SSSR count). The molecule has 33 heavy (non-hydrogen) atoms. The van der Waals surface area contributed by atoms with E-state index in [2.05, 4.69) is 39.8 Å². The normalized spacial score (nSPS) is 12.3. The van der Waals surface area contributed by atoms with Gasteiger partial charge in [0.05, 0.1) is 23.5 Å². The van der Waals surface area contributed by atoms with E-state index >= 15 is 0 Å². The first-order valence-corrected chi connectivity index (χ1v) is 10.9. The summed E-state index contributed by atoms with van der Waals surface area (Å²) in [6.07, 6.45) is 3.13. The second kappa shape index (κ2) is 10.0. The van der Waals surface area contributed by atoms with Crippen molar-refractivity contribution in [2.45, 2.75) is 34.6 Å². The number of nitrogen functional groups attached to an aromatic ring is 1. The lowest BCUT2D eigenvalue weighted by atomic mass is 10.0. The Balaban J connectivity index is 0.00000149. The highest BCUT2D eigenvalue weighted by atomic mass is 15.3. The minimum Gasteiger partial charge on any atom is -0.383 e. The molecule has 0 spiro atoms. The number of aryl methyl sites for hydroxylation is 2. The molecule has 1 aliphatic rings. The molecule has 0 amide bonds. The Hall–Kier alpha value is -4.07. The van der Waals surface area contributed by atoms with E-state index in [-0.39, 0.29) is 11.5 Å². The molecular weight excluding hydrogens is 412 g/mol. The van der Waals surface area contributed by atoms with Crippen LogP contribution in [0, 0.1) is 19.3 Å². The van der Waals surface area contributed by atoms with E-state index in [0.29, 0.717) is 23.7 Å². The molecular formula is C25H30N8. The number of para-hydroxylation sites is 1. The molecule has 170 valence electrons. The number of anilines is 3. The van der Waals surface area contributed by atoms with Crippen LogP contribution in [0.25, 0.3) is 5.70 Å². The molecule has 1 aliphatic heterocycles. The molecule has 0 fully saturated rings. The van der Waals surface area contributed by atoms with E-state index in [9.17, 15) is 0 Å². The summed E-state index contributed by atoms with van der Waals surface area (Å²) in [5.74, 6) is 2.10. The van der Waals surface area contributed by atoms with Crippen molar-refractivity contribution < 1.29 is 0 Å². The first kappa shape index (κ1) is 23.6. The fourth-order valence-electron chi connectivity index (χ4n) is 3.71. The Morgan fingerprint density at radius 1 is 1.09 bits per heavy atom. The quantitative estimate of drug-likeness (QED) is 0.472. The van der Waals surface area contributed by atoms with Gasteiger partial charge in [-0.1, -0.05) is 38.6 Å². The van der Waals surface area contributed by atoms with Crippen LogP contribution in [0.5, 0.6) is 0 Å². The van der Waals surface area contributed by atoms with Crippen LogP contribution in [-0.2, 0) is 0 Å². The minimum atomic E-state index is 0.262. The number of aromatic nitrogens is 3. The third kappa shape index (κ3) is 4.59. The average Bonchev–Trinajstić information content (AvgIpc) is 2.79. The first-order valence-electron chi connectivity index (χ1n) is 10.9. The average molecular weight is 443 g/mol. The van der Waals surface area contributed by atoms with E-state index in [0.717, 1.165) is 33.9 Å². The summed E-state index contributed by atoms with van der Waals surface area (Å²) < 4.78 is 0. The second-order valence-electron chi connectivity index (χ2n) is 7.38. The van der Waals surface area contributed by atoms with E-state index in [4.69, 9.17) is 16.1 Å². The molecule has 8 heteroatoms. The molecule has 0 saturated carbocycles. The number of hydrogen-bond donors (Lipinski definition) is 3. The monoisotopic (exact) mass is 442 g/mol. The number of pyridine rings is 1. The van der Waals surface area contributed by atoms with Gasteiger partial charge in [-0.05, 0) is 44.0 Å². The van der Waals surface area contributed by atoms with Gasteiger partial charge in [0.15, 0.2) is 5.82 Å². The molecule has 4 N–H and O–H groups in total. The van der Waals surface area contributed by atoms with Gasteiger partial charge < -0.3 is 16.5 Å². The standard InChI is InChI=1S/C23H24N8.C2H6/c1-13-7-5-6-8-17(13)31-16(4)19-14(2)9-10-26-23(19)30-18(31)11-27-22-20(15(3)24)21(25)28-12-29-22;1-2/h5-10,12,24H,4,11H2,1-3H3,(H3,25,27,28,29);1-2H3. The summed E-state index contributed by atoms with van der Waals surface area (Å²) >= 11 is 0.